The van der Waals surface area contributed by atoms with Crippen LogP contribution in [0.4, 0.5) is 15.9 Å². The minimum atomic E-state index is -0.364. The third-order valence-corrected chi connectivity index (χ3v) is 5.77. The highest BCUT2D eigenvalue weighted by Crippen LogP contribution is 2.34. The summed E-state index contributed by atoms with van der Waals surface area (Å²) >= 11 is 0. The summed E-state index contributed by atoms with van der Waals surface area (Å²) in [5, 5.41) is 7.88. The van der Waals surface area contributed by atoms with Crippen molar-refractivity contribution in [3.05, 3.63) is 66.6 Å². The number of halogens is 1. The van der Waals surface area contributed by atoms with E-state index in [1.807, 2.05) is 18.2 Å². The average Bonchev–Trinajstić information content (AvgIpc) is 3.22. The van der Waals surface area contributed by atoms with Crippen LogP contribution in [0.25, 0.3) is 22.2 Å². The highest BCUT2D eigenvalue weighted by atomic mass is 19.1. The maximum atomic E-state index is 14.4. The zero-order chi connectivity index (χ0) is 22.1. The molecule has 32 heavy (non-hydrogen) atoms. The molecule has 3 N–H and O–H groups in total. The van der Waals surface area contributed by atoms with Crippen molar-refractivity contribution >= 4 is 22.5 Å². The summed E-state index contributed by atoms with van der Waals surface area (Å²) in [6.07, 6.45) is 6.34. The number of piperazine rings is 1. The molecule has 2 atom stereocenters. The molecule has 5 rings (SSSR count). The molecular weight excluding hydrogens is 405 g/mol. The van der Waals surface area contributed by atoms with E-state index in [9.17, 15) is 4.39 Å². The third-order valence-electron chi connectivity index (χ3n) is 5.77. The zero-order valence-corrected chi connectivity index (χ0v) is 18.1. The topological polar surface area (TPSA) is 81.8 Å². The second-order valence-corrected chi connectivity index (χ2v) is 8.35. The largest absolute Gasteiger partial charge is 0.379 e. The molecule has 164 valence electrons. The van der Waals surface area contributed by atoms with E-state index in [4.69, 9.17) is 4.98 Å². The molecule has 0 saturated carbocycles. The molecule has 0 unspecified atom stereocenters. The quantitative estimate of drug-likeness (QED) is 0.444. The highest BCUT2D eigenvalue weighted by molar-refractivity contribution is 6.02. The number of aromatic amines is 1. The van der Waals surface area contributed by atoms with Gasteiger partial charge in [-0.1, -0.05) is 6.07 Å². The van der Waals surface area contributed by atoms with Gasteiger partial charge in [0.25, 0.3) is 0 Å². The van der Waals surface area contributed by atoms with Crippen molar-refractivity contribution in [3.63, 3.8) is 0 Å². The van der Waals surface area contributed by atoms with Crippen molar-refractivity contribution in [2.45, 2.75) is 32.5 Å². The van der Waals surface area contributed by atoms with E-state index in [2.05, 4.69) is 50.4 Å². The lowest BCUT2D eigenvalue weighted by molar-refractivity contribution is 0.405. The first-order valence-corrected chi connectivity index (χ1v) is 10.9. The summed E-state index contributed by atoms with van der Waals surface area (Å²) in [5.74, 6) is 0.627. The number of H-pyrrole nitrogens is 1. The van der Waals surface area contributed by atoms with Crippen LogP contribution in [-0.4, -0.2) is 45.1 Å². The number of hydrogen-bond donors (Lipinski definition) is 3. The maximum absolute atomic E-state index is 14.4. The Balaban J connectivity index is 1.41. The summed E-state index contributed by atoms with van der Waals surface area (Å²) in [7, 11) is 0. The Morgan fingerprint density at radius 2 is 1.94 bits per heavy atom. The van der Waals surface area contributed by atoms with Gasteiger partial charge >= 0.3 is 0 Å². The lowest BCUT2D eigenvalue weighted by atomic mass is 10.1. The van der Waals surface area contributed by atoms with E-state index >= 15 is 0 Å². The lowest BCUT2D eigenvalue weighted by Crippen LogP contribution is -2.54. The zero-order valence-electron chi connectivity index (χ0n) is 18.1. The Bertz CT molecular complexity index is 1230. The SMILES string of the molecule is C[C@@H]1CN(c2cccc(CNc3ccnc4[nH]cc(-c5ccncc5F)c34)n2)C[C@H](C)N1. The van der Waals surface area contributed by atoms with Gasteiger partial charge in [0, 0.05) is 66.0 Å². The van der Waals surface area contributed by atoms with Crippen molar-refractivity contribution < 1.29 is 4.39 Å². The number of nitrogens with zero attached hydrogens (tertiary/aromatic N) is 4. The Kier molecular flexibility index (Phi) is 5.45. The molecule has 4 aromatic heterocycles. The summed E-state index contributed by atoms with van der Waals surface area (Å²) in [6.45, 7) is 6.81. The molecule has 1 aliphatic rings. The van der Waals surface area contributed by atoms with Gasteiger partial charge in [0.05, 0.1) is 18.4 Å². The smallest absolute Gasteiger partial charge is 0.149 e. The summed E-state index contributed by atoms with van der Waals surface area (Å²) < 4.78 is 14.4. The van der Waals surface area contributed by atoms with Gasteiger partial charge < -0.3 is 20.5 Å². The van der Waals surface area contributed by atoms with Gasteiger partial charge in [-0.25, -0.2) is 14.4 Å². The van der Waals surface area contributed by atoms with Crippen molar-refractivity contribution in [1.29, 1.82) is 0 Å². The van der Waals surface area contributed by atoms with Crippen LogP contribution >= 0.6 is 0 Å². The standard InChI is InChI=1S/C24H26FN7/c1-15-13-32(14-16(2)30-15)22-5-3-4-17(31-22)10-28-21-7-9-27-24-23(21)19(11-29-24)18-6-8-26-12-20(18)25/h3-9,11-12,15-16,30H,10,13-14H2,1-2H3,(H2,27,28,29)/t15-,16+. The van der Waals surface area contributed by atoms with Crippen LogP contribution in [0.15, 0.2) is 55.1 Å². The molecule has 8 heteroatoms. The van der Waals surface area contributed by atoms with Gasteiger partial charge in [0.15, 0.2) is 0 Å². The van der Waals surface area contributed by atoms with Crippen molar-refractivity contribution in [1.82, 2.24) is 25.3 Å². The molecule has 0 radical (unpaired) electrons. The van der Waals surface area contributed by atoms with E-state index in [0.717, 1.165) is 41.2 Å². The minimum absolute atomic E-state index is 0.364. The molecule has 0 spiro atoms. The van der Waals surface area contributed by atoms with Crippen LogP contribution in [0.3, 0.4) is 0 Å². The first-order valence-electron chi connectivity index (χ1n) is 10.9. The Morgan fingerprint density at radius 3 is 2.75 bits per heavy atom. The highest BCUT2D eigenvalue weighted by Gasteiger charge is 2.22. The predicted octanol–water partition coefficient (Wildman–Crippen LogP) is 3.96. The van der Waals surface area contributed by atoms with Crippen LogP contribution < -0.4 is 15.5 Å². The first kappa shape index (κ1) is 20.4. The summed E-state index contributed by atoms with van der Waals surface area (Å²) in [6, 6.07) is 10.6. The van der Waals surface area contributed by atoms with Crippen molar-refractivity contribution in [3.8, 4) is 11.1 Å². The molecule has 1 fully saturated rings. The van der Waals surface area contributed by atoms with E-state index in [1.165, 1.54) is 6.20 Å². The average molecular weight is 432 g/mol. The Hall–Kier alpha value is -3.52. The maximum Gasteiger partial charge on any atom is 0.149 e. The molecule has 1 aliphatic heterocycles. The number of rotatable bonds is 5. The normalized spacial score (nSPS) is 18.8. The van der Waals surface area contributed by atoms with E-state index in [0.29, 0.717) is 29.8 Å². The fourth-order valence-electron chi connectivity index (χ4n) is 4.45. The fraction of sp³-hybridized carbons (Fsp3) is 0.292. The second kappa shape index (κ2) is 8.55. The molecule has 0 amide bonds. The molecule has 0 aliphatic carbocycles. The van der Waals surface area contributed by atoms with Crippen LogP contribution in [0.2, 0.25) is 0 Å². The number of fused-ring (bicyclic) bond motifs is 1. The van der Waals surface area contributed by atoms with E-state index in [-0.39, 0.29) is 5.82 Å². The predicted molar refractivity (Wildman–Crippen MR) is 125 cm³/mol. The lowest BCUT2D eigenvalue weighted by Gasteiger charge is -2.37. The third kappa shape index (κ3) is 4.01. The Morgan fingerprint density at radius 1 is 1.09 bits per heavy atom. The fourth-order valence-corrected chi connectivity index (χ4v) is 4.45. The van der Waals surface area contributed by atoms with Crippen molar-refractivity contribution in [2.75, 3.05) is 23.3 Å². The summed E-state index contributed by atoms with van der Waals surface area (Å²) in [5.41, 5.74) is 3.76. The molecule has 0 aromatic carbocycles. The number of anilines is 2. The van der Waals surface area contributed by atoms with Gasteiger partial charge in [-0.05, 0) is 38.1 Å². The molecule has 1 saturated heterocycles. The van der Waals surface area contributed by atoms with Gasteiger partial charge in [-0.3, -0.25) is 4.98 Å². The molecular formula is C24H26FN7. The molecule has 5 heterocycles. The van der Waals surface area contributed by atoms with E-state index in [1.54, 1.807) is 24.7 Å². The first-order chi connectivity index (χ1) is 15.6. The van der Waals surface area contributed by atoms with Crippen molar-refractivity contribution in [2.24, 2.45) is 0 Å². The second-order valence-electron chi connectivity index (χ2n) is 8.35. The number of pyridine rings is 3. The molecule has 0 bridgehead atoms. The molecule has 7 nitrogen and oxygen atoms in total. The molecule has 4 aromatic rings. The van der Waals surface area contributed by atoms with Gasteiger partial charge in [-0.2, -0.15) is 0 Å². The summed E-state index contributed by atoms with van der Waals surface area (Å²) in [4.78, 5) is 18.6. The van der Waals surface area contributed by atoms with E-state index < -0.39 is 0 Å². The van der Waals surface area contributed by atoms with Gasteiger partial charge in [0.2, 0.25) is 0 Å². The number of hydrogen-bond acceptors (Lipinski definition) is 6. The van der Waals surface area contributed by atoms with Gasteiger partial charge in [-0.15, -0.1) is 0 Å². The number of aromatic nitrogens is 4. The number of nitrogens with one attached hydrogen (secondary N) is 3. The van der Waals surface area contributed by atoms with Crippen LogP contribution in [0.1, 0.15) is 19.5 Å². The minimum Gasteiger partial charge on any atom is -0.379 e. The Labute approximate surface area is 186 Å². The van der Waals surface area contributed by atoms with Crippen LogP contribution in [0.5, 0.6) is 0 Å². The van der Waals surface area contributed by atoms with Crippen LogP contribution in [-0.2, 0) is 6.54 Å². The van der Waals surface area contributed by atoms with Crippen LogP contribution in [0, 0.1) is 5.82 Å². The monoisotopic (exact) mass is 431 g/mol. The van der Waals surface area contributed by atoms with Gasteiger partial charge in [0.1, 0.15) is 17.3 Å².